The van der Waals surface area contributed by atoms with Crippen molar-refractivity contribution in [2.75, 3.05) is 0 Å². The molecule has 0 aliphatic heterocycles. The van der Waals surface area contributed by atoms with Crippen LogP contribution in [-0.2, 0) is 11.2 Å². The van der Waals surface area contributed by atoms with Gasteiger partial charge in [-0.3, -0.25) is 4.79 Å². The van der Waals surface area contributed by atoms with E-state index in [2.05, 4.69) is 10.9 Å². The van der Waals surface area contributed by atoms with Crippen molar-refractivity contribution in [3.63, 3.8) is 0 Å². The van der Waals surface area contributed by atoms with Crippen LogP contribution in [0.2, 0.25) is 0 Å². The highest BCUT2D eigenvalue weighted by molar-refractivity contribution is 7.10. The highest BCUT2D eigenvalue weighted by Gasteiger charge is 2.21. The summed E-state index contributed by atoms with van der Waals surface area (Å²) in [6.45, 7) is 0. The van der Waals surface area contributed by atoms with Gasteiger partial charge in [0, 0.05) is 5.38 Å². The normalized spacial score (nSPS) is 11.7. The van der Waals surface area contributed by atoms with Crippen LogP contribution in [0.4, 0.5) is 0 Å². The van der Waals surface area contributed by atoms with Gasteiger partial charge in [0.1, 0.15) is 0 Å². The van der Waals surface area contributed by atoms with E-state index in [0.717, 1.165) is 5.56 Å². The van der Waals surface area contributed by atoms with Gasteiger partial charge in [-0.1, -0.05) is 30.3 Å². The first-order valence-electron chi connectivity index (χ1n) is 5.46. The first kappa shape index (κ1) is 12.3. The Morgan fingerprint density at radius 2 is 2.17 bits per heavy atom. The molecule has 0 aliphatic rings. The number of carbonyl (C=O) groups excluding carboxylic acids is 1. The number of amides is 1. The Labute approximate surface area is 110 Å². The number of rotatable bonds is 4. The highest BCUT2D eigenvalue weighted by Crippen LogP contribution is 2.22. The van der Waals surface area contributed by atoms with Crippen molar-refractivity contribution in [2.45, 2.75) is 12.3 Å². The quantitative estimate of drug-likeness (QED) is 0.850. The van der Waals surface area contributed by atoms with E-state index in [1.807, 2.05) is 30.3 Å². The Morgan fingerprint density at radius 3 is 2.72 bits per heavy atom. The summed E-state index contributed by atoms with van der Waals surface area (Å²) in [5, 5.41) is 2.37. The number of aromatic nitrogens is 1. The monoisotopic (exact) mass is 256 g/mol. The van der Waals surface area contributed by atoms with E-state index < -0.39 is 5.92 Å². The molecule has 3 nitrogen and oxygen atoms in total. The molecule has 1 heterocycles. The number of terminal acetylenes is 1. The van der Waals surface area contributed by atoms with Crippen molar-refractivity contribution in [2.24, 2.45) is 5.73 Å². The highest BCUT2D eigenvalue weighted by atomic mass is 32.1. The number of primary amides is 1. The van der Waals surface area contributed by atoms with Crippen LogP contribution in [-0.4, -0.2) is 10.9 Å². The Hall–Kier alpha value is -2.12. The van der Waals surface area contributed by atoms with Crippen molar-refractivity contribution >= 4 is 17.2 Å². The Kier molecular flexibility index (Phi) is 3.75. The average Bonchev–Trinajstić information content (AvgIpc) is 2.85. The largest absolute Gasteiger partial charge is 0.369 e. The molecule has 2 N–H and O–H groups in total. The van der Waals surface area contributed by atoms with Gasteiger partial charge in [-0.05, 0) is 17.9 Å². The molecule has 0 spiro atoms. The van der Waals surface area contributed by atoms with Crippen LogP contribution >= 0.6 is 11.3 Å². The molecule has 2 rings (SSSR count). The summed E-state index contributed by atoms with van der Waals surface area (Å²) >= 11 is 1.35. The van der Waals surface area contributed by atoms with E-state index in [1.165, 1.54) is 11.3 Å². The summed E-state index contributed by atoms with van der Waals surface area (Å²) < 4.78 is 0. The molecule has 18 heavy (non-hydrogen) atoms. The molecule has 0 bridgehead atoms. The van der Waals surface area contributed by atoms with Crippen LogP contribution in [0, 0.1) is 12.3 Å². The standard InChI is InChI=1S/C14H12N2OS/c1-2-13-16-12(9-18-13)11(14(15)17)8-10-6-4-3-5-7-10/h1,3-7,9,11H,8H2,(H2,15,17). The number of hydrogen-bond donors (Lipinski definition) is 1. The van der Waals surface area contributed by atoms with Gasteiger partial charge in [-0.15, -0.1) is 17.8 Å². The van der Waals surface area contributed by atoms with E-state index in [4.69, 9.17) is 12.2 Å². The van der Waals surface area contributed by atoms with E-state index in [-0.39, 0.29) is 5.91 Å². The lowest BCUT2D eigenvalue weighted by Gasteiger charge is -2.10. The summed E-state index contributed by atoms with van der Waals surface area (Å²) in [4.78, 5) is 15.8. The Bertz CT molecular complexity index is 583. The lowest BCUT2D eigenvalue weighted by molar-refractivity contribution is -0.119. The minimum atomic E-state index is -0.425. The summed E-state index contributed by atoms with van der Waals surface area (Å²) in [7, 11) is 0. The number of nitrogens with zero attached hydrogens (tertiary/aromatic N) is 1. The predicted molar refractivity (Wildman–Crippen MR) is 72.1 cm³/mol. The molecule has 0 aliphatic carbocycles. The zero-order valence-electron chi connectivity index (χ0n) is 9.67. The van der Waals surface area contributed by atoms with Crippen LogP contribution < -0.4 is 5.73 Å². The van der Waals surface area contributed by atoms with Gasteiger partial charge in [0.05, 0.1) is 11.6 Å². The van der Waals surface area contributed by atoms with Crippen LogP contribution in [0.5, 0.6) is 0 Å². The summed E-state index contributed by atoms with van der Waals surface area (Å²) in [6.07, 6.45) is 5.82. The maximum Gasteiger partial charge on any atom is 0.226 e. The lowest BCUT2D eigenvalue weighted by atomic mass is 9.96. The molecule has 1 unspecified atom stereocenters. The van der Waals surface area contributed by atoms with E-state index in [9.17, 15) is 4.79 Å². The van der Waals surface area contributed by atoms with Crippen LogP contribution in [0.3, 0.4) is 0 Å². The Morgan fingerprint density at radius 1 is 1.44 bits per heavy atom. The SMILES string of the molecule is C#Cc1nc(C(Cc2ccccc2)C(N)=O)cs1. The molecule has 1 atom stereocenters. The van der Waals surface area contributed by atoms with Gasteiger partial charge in [-0.2, -0.15) is 0 Å². The first-order valence-corrected chi connectivity index (χ1v) is 6.34. The molecule has 0 radical (unpaired) electrons. The van der Waals surface area contributed by atoms with Crippen molar-refractivity contribution in [1.29, 1.82) is 0 Å². The fourth-order valence-electron chi connectivity index (χ4n) is 1.71. The summed E-state index contributed by atoms with van der Waals surface area (Å²) in [5.41, 5.74) is 7.15. The third-order valence-electron chi connectivity index (χ3n) is 2.63. The minimum absolute atomic E-state index is 0.382. The summed E-state index contributed by atoms with van der Waals surface area (Å²) in [5.74, 6) is 1.65. The smallest absolute Gasteiger partial charge is 0.226 e. The molecule has 1 aromatic carbocycles. The van der Waals surface area contributed by atoms with E-state index in [0.29, 0.717) is 17.1 Å². The van der Waals surface area contributed by atoms with Crippen molar-refractivity contribution in [1.82, 2.24) is 4.98 Å². The number of thiazole rings is 1. The second-order valence-electron chi connectivity index (χ2n) is 3.87. The fraction of sp³-hybridized carbons (Fsp3) is 0.143. The predicted octanol–water partition coefficient (Wildman–Crippen LogP) is 1.94. The number of benzene rings is 1. The molecular weight excluding hydrogens is 244 g/mol. The summed E-state index contributed by atoms with van der Waals surface area (Å²) in [6, 6.07) is 9.72. The van der Waals surface area contributed by atoms with Gasteiger partial charge >= 0.3 is 0 Å². The topological polar surface area (TPSA) is 56.0 Å². The molecule has 0 fully saturated rings. The van der Waals surface area contributed by atoms with Gasteiger partial charge in [0.2, 0.25) is 5.91 Å². The molecule has 0 saturated heterocycles. The second kappa shape index (κ2) is 5.48. The van der Waals surface area contributed by atoms with Crippen LogP contribution in [0.25, 0.3) is 0 Å². The number of hydrogen-bond acceptors (Lipinski definition) is 3. The number of nitrogens with two attached hydrogens (primary N) is 1. The second-order valence-corrected chi connectivity index (χ2v) is 4.72. The third kappa shape index (κ3) is 2.76. The third-order valence-corrected chi connectivity index (χ3v) is 3.42. The van der Waals surface area contributed by atoms with E-state index in [1.54, 1.807) is 5.38 Å². The first-order chi connectivity index (χ1) is 8.70. The van der Waals surface area contributed by atoms with Crippen molar-refractivity contribution in [3.05, 3.63) is 52.0 Å². The molecule has 0 saturated carbocycles. The number of carbonyl (C=O) groups is 1. The van der Waals surface area contributed by atoms with Crippen molar-refractivity contribution in [3.8, 4) is 12.3 Å². The molecule has 2 aromatic rings. The zero-order chi connectivity index (χ0) is 13.0. The molecule has 1 amide bonds. The maximum absolute atomic E-state index is 11.5. The molecular formula is C14H12N2OS. The van der Waals surface area contributed by atoms with Crippen LogP contribution in [0.15, 0.2) is 35.7 Å². The molecule has 90 valence electrons. The van der Waals surface area contributed by atoms with Crippen LogP contribution in [0.1, 0.15) is 22.2 Å². The van der Waals surface area contributed by atoms with Gasteiger partial charge in [0.25, 0.3) is 0 Å². The van der Waals surface area contributed by atoms with Gasteiger partial charge in [0.15, 0.2) is 5.01 Å². The minimum Gasteiger partial charge on any atom is -0.369 e. The lowest BCUT2D eigenvalue weighted by Crippen LogP contribution is -2.23. The fourth-order valence-corrected chi connectivity index (χ4v) is 2.39. The molecule has 4 heteroatoms. The van der Waals surface area contributed by atoms with Gasteiger partial charge < -0.3 is 5.73 Å². The maximum atomic E-state index is 11.5. The molecule has 1 aromatic heterocycles. The average molecular weight is 256 g/mol. The van der Waals surface area contributed by atoms with Crippen molar-refractivity contribution < 1.29 is 4.79 Å². The van der Waals surface area contributed by atoms with E-state index >= 15 is 0 Å². The van der Waals surface area contributed by atoms with Gasteiger partial charge in [-0.25, -0.2) is 4.98 Å². The Balaban J connectivity index is 2.24. The zero-order valence-corrected chi connectivity index (χ0v) is 10.5.